The molecule has 0 saturated heterocycles. The van der Waals surface area contributed by atoms with Crippen LogP contribution in [0.5, 0.6) is 11.5 Å². The summed E-state index contributed by atoms with van der Waals surface area (Å²) in [5.74, 6) is -1.93. The number of esters is 1. The fourth-order valence-corrected chi connectivity index (χ4v) is 3.69. The molecule has 2 aromatic rings. The number of hydrogen-bond acceptors (Lipinski definition) is 11. The molecular formula is C31H44N2O12. The third kappa shape index (κ3) is 14.6. The van der Waals surface area contributed by atoms with Crippen molar-refractivity contribution in [3.05, 3.63) is 58.7 Å². The highest BCUT2D eigenvalue weighted by atomic mass is 16.6. The van der Waals surface area contributed by atoms with Crippen LogP contribution in [0.15, 0.2) is 36.4 Å². The van der Waals surface area contributed by atoms with Gasteiger partial charge in [-0.1, -0.05) is 12.1 Å². The molecule has 0 aliphatic carbocycles. The minimum absolute atomic E-state index is 0.00184. The van der Waals surface area contributed by atoms with Gasteiger partial charge in [-0.2, -0.15) is 0 Å². The van der Waals surface area contributed by atoms with Crippen LogP contribution < -0.4 is 10.6 Å². The molecule has 2 atom stereocenters. The van der Waals surface area contributed by atoms with Crippen LogP contribution in [0.4, 0.5) is 9.59 Å². The molecule has 0 heterocycles. The summed E-state index contributed by atoms with van der Waals surface area (Å²) in [7, 11) is 1.22. The van der Waals surface area contributed by atoms with E-state index < -0.39 is 47.4 Å². The standard InChI is InChI=1S/C16H23NO6.C15H21NO6/c1-16(2,3)23-15(21)17-12(14(20)22-4)8-10-5-6-13(19)11(7-10)9-18;1-15(2,3)22-14(21)16-11(13(19)20)7-9-4-5-12(18)10(6-9)8-17/h5-7,12,18-19H,8-9H2,1-4H3,(H,17,21);4-6,11,17-18H,7-8H2,1-3H3,(H,16,21)(H,19,20). The smallest absolute Gasteiger partial charge is 0.408 e. The number of aliphatic hydroxyl groups is 2. The molecule has 2 aromatic carbocycles. The average Bonchev–Trinajstić information content (AvgIpc) is 2.92. The summed E-state index contributed by atoms with van der Waals surface area (Å²) in [5.41, 5.74) is 0.425. The van der Waals surface area contributed by atoms with Crippen molar-refractivity contribution < 1.29 is 58.9 Å². The monoisotopic (exact) mass is 636 g/mol. The van der Waals surface area contributed by atoms with E-state index in [-0.39, 0.29) is 37.6 Å². The van der Waals surface area contributed by atoms with Gasteiger partial charge in [0.25, 0.3) is 0 Å². The molecule has 14 heteroatoms. The quantitative estimate of drug-likeness (QED) is 0.148. The number of nitrogens with one attached hydrogen (secondary N) is 2. The lowest BCUT2D eigenvalue weighted by Crippen LogP contribution is -2.45. The lowest BCUT2D eigenvalue weighted by molar-refractivity contribution is -0.143. The van der Waals surface area contributed by atoms with E-state index in [0.29, 0.717) is 22.3 Å². The molecule has 7 N–H and O–H groups in total. The van der Waals surface area contributed by atoms with Gasteiger partial charge < -0.3 is 50.4 Å². The molecule has 0 aliphatic rings. The topological polar surface area (TPSA) is 221 Å². The lowest BCUT2D eigenvalue weighted by Gasteiger charge is -2.22. The molecule has 2 unspecified atom stereocenters. The maximum atomic E-state index is 11.8. The molecule has 250 valence electrons. The molecule has 0 aliphatic heterocycles. The summed E-state index contributed by atoms with van der Waals surface area (Å²) in [6, 6.07) is 6.85. The van der Waals surface area contributed by atoms with E-state index in [4.69, 9.17) is 19.7 Å². The Morgan fingerprint density at radius 2 is 1.09 bits per heavy atom. The van der Waals surface area contributed by atoms with Crippen molar-refractivity contribution in [3.63, 3.8) is 0 Å². The van der Waals surface area contributed by atoms with Crippen LogP contribution in [-0.2, 0) is 49.9 Å². The van der Waals surface area contributed by atoms with E-state index in [2.05, 4.69) is 15.4 Å². The largest absolute Gasteiger partial charge is 0.508 e. The van der Waals surface area contributed by atoms with Gasteiger partial charge in [0.1, 0.15) is 34.8 Å². The molecular weight excluding hydrogens is 592 g/mol. The number of carboxylic acids is 1. The number of alkyl carbamates (subject to hydrolysis) is 2. The predicted octanol–water partition coefficient (Wildman–Crippen LogP) is 2.90. The Bertz CT molecular complexity index is 1310. The Kier molecular flexibility index (Phi) is 14.6. The number of methoxy groups -OCH3 is 1. The SMILES string of the molecule is CC(C)(C)OC(=O)NC(Cc1ccc(O)c(CO)c1)C(=O)O.COC(=O)C(Cc1ccc(O)c(CO)c1)NC(=O)OC(C)(C)C. The number of aliphatic hydroxyl groups excluding tert-OH is 2. The van der Waals surface area contributed by atoms with E-state index >= 15 is 0 Å². The summed E-state index contributed by atoms with van der Waals surface area (Å²) in [4.78, 5) is 46.6. The van der Waals surface area contributed by atoms with Crippen LogP contribution in [-0.4, -0.2) is 80.1 Å². The first kappa shape index (κ1) is 38.5. The Morgan fingerprint density at radius 1 is 0.711 bits per heavy atom. The van der Waals surface area contributed by atoms with Crippen molar-refractivity contribution >= 4 is 24.1 Å². The molecule has 0 radical (unpaired) electrons. The second kappa shape index (κ2) is 17.1. The van der Waals surface area contributed by atoms with Crippen molar-refractivity contribution in [3.8, 4) is 11.5 Å². The summed E-state index contributed by atoms with van der Waals surface area (Å²) in [5, 5.41) is 51.2. The summed E-state index contributed by atoms with van der Waals surface area (Å²) in [6.45, 7) is 9.48. The maximum Gasteiger partial charge on any atom is 0.408 e. The second-order valence-corrected chi connectivity index (χ2v) is 11.9. The van der Waals surface area contributed by atoms with Gasteiger partial charge in [-0.3, -0.25) is 0 Å². The van der Waals surface area contributed by atoms with Crippen molar-refractivity contribution in [1.82, 2.24) is 10.6 Å². The van der Waals surface area contributed by atoms with Crippen molar-refractivity contribution in [1.29, 1.82) is 0 Å². The fraction of sp³-hybridized carbons (Fsp3) is 0.484. The molecule has 14 nitrogen and oxygen atoms in total. The van der Waals surface area contributed by atoms with Gasteiger partial charge in [0.05, 0.1) is 20.3 Å². The number of aromatic hydroxyl groups is 2. The van der Waals surface area contributed by atoms with Crippen LogP contribution in [0.3, 0.4) is 0 Å². The number of aliphatic carboxylic acids is 1. The normalized spacial score (nSPS) is 12.5. The van der Waals surface area contributed by atoms with E-state index in [1.807, 2.05) is 0 Å². The van der Waals surface area contributed by atoms with Gasteiger partial charge in [-0.15, -0.1) is 0 Å². The number of carboxylic acid groups (broad SMARTS) is 1. The number of carbonyl (C=O) groups excluding carboxylic acids is 3. The van der Waals surface area contributed by atoms with Crippen LogP contribution in [0.25, 0.3) is 0 Å². The average molecular weight is 637 g/mol. The van der Waals surface area contributed by atoms with Gasteiger partial charge in [0, 0.05) is 24.0 Å². The zero-order valence-electron chi connectivity index (χ0n) is 26.5. The maximum absolute atomic E-state index is 11.8. The molecule has 0 fully saturated rings. The molecule has 0 saturated carbocycles. The summed E-state index contributed by atoms with van der Waals surface area (Å²) < 4.78 is 14.8. The van der Waals surface area contributed by atoms with E-state index in [1.165, 1.54) is 31.4 Å². The molecule has 45 heavy (non-hydrogen) atoms. The summed E-state index contributed by atoms with van der Waals surface area (Å²) in [6.07, 6.45) is -1.41. The molecule has 2 amide bonds. The van der Waals surface area contributed by atoms with E-state index in [0.717, 1.165) is 0 Å². The first-order valence-electron chi connectivity index (χ1n) is 13.9. The summed E-state index contributed by atoms with van der Waals surface area (Å²) >= 11 is 0. The van der Waals surface area contributed by atoms with Gasteiger partial charge >= 0.3 is 24.1 Å². The van der Waals surface area contributed by atoms with E-state index in [1.54, 1.807) is 53.7 Å². The Morgan fingerprint density at radius 3 is 1.42 bits per heavy atom. The third-order valence-corrected chi connectivity index (χ3v) is 5.67. The molecule has 2 rings (SSSR count). The zero-order chi connectivity index (χ0) is 34.5. The van der Waals surface area contributed by atoms with Crippen LogP contribution in [0.2, 0.25) is 0 Å². The molecule has 0 bridgehead atoms. The highest BCUT2D eigenvalue weighted by molar-refractivity contribution is 5.82. The predicted molar refractivity (Wildman–Crippen MR) is 161 cm³/mol. The number of amides is 2. The minimum Gasteiger partial charge on any atom is -0.508 e. The highest BCUT2D eigenvalue weighted by Crippen LogP contribution is 2.21. The first-order valence-corrected chi connectivity index (χ1v) is 13.9. The Hall–Kier alpha value is -4.56. The van der Waals surface area contributed by atoms with Crippen LogP contribution >= 0.6 is 0 Å². The number of phenols is 2. The Labute approximate surface area is 261 Å². The van der Waals surface area contributed by atoms with Crippen LogP contribution in [0.1, 0.15) is 63.8 Å². The third-order valence-electron chi connectivity index (χ3n) is 5.67. The van der Waals surface area contributed by atoms with Crippen molar-refractivity contribution in [2.75, 3.05) is 7.11 Å². The van der Waals surface area contributed by atoms with Gasteiger partial charge in [0.15, 0.2) is 0 Å². The van der Waals surface area contributed by atoms with Crippen LogP contribution in [0, 0.1) is 0 Å². The first-order chi connectivity index (χ1) is 20.8. The van der Waals surface area contributed by atoms with Gasteiger partial charge in [0.2, 0.25) is 0 Å². The number of rotatable bonds is 10. The second-order valence-electron chi connectivity index (χ2n) is 11.9. The van der Waals surface area contributed by atoms with Gasteiger partial charge in [-0.05, 0) is 76.9 Å². The Balaban J connectivity index is 0.000000450. The number of ether oxygens (including phenoxy) is 3. The number of hydrogen-bond donors (Lipinski definition) is 7. The minimum atomic E-state index is -1.20. The number of benzene rings is 2. The zero-order valence-corrected chi connectivity index (χ0v) is 26.5. The lowest BCUT2D eigenvalue weighted by atomic mass is 10.0. The number of carbonyl (C=O) groups is 4. The van der Waals surface area contributed by atoms with Crippen molar-refractivity contribution in [2.45, 2.75) is 90.9 Å². The molecule has 0 aromatic heterocycles. The van der Waals surface area contributed by atoms with Gasteiger partial charge in [-0.25, -0.2) is 19.2 Å². The molecule has 0 spiro atoms. The highest BCUT2D eigenvalue weighted by Gasteiger charge is 2.26. The fourth-order valence-electron chi connectivity index (χ4n) is 3.69. The van der Waals surface area contributed by atoms with E-state index in [9.17, 15) is 34.5 Å². The van der Waals surface area contributed by atoms with Crippen molar-refractivity contribution in [2.24, 2.45) is 0 Å².